The highest BCUT2D eigenvalue weighted by Crippen LogP contribution is 2.44. The molecular formula is C22H31FN4O2S2. The molecule has 4 rings (SSSR count). The molecule has 0 aliphatic carbocycles. The summed E-state index contributed by atoms with van der Waals surface area (Å²) in [7, 11) is -2.07. The molecule has 0 N–H and O–H groups in total. The number of aromatic nitrogens is 1. The smallest absolute Gasteiger partial charge is 0.295 e. The Morgan fingerprint density at radius 2 is 2.13 bits per heavy atom. The molecule has 170 valence electrons. The molecule has 0 amide bonds. The highest BCUT2D eigenvalue weighted by atomic mass is 32.2. The second-order valence-electron chi connectivity index (χ2n) is 9.33. The van der Waals surface area contributed by atoms with Gasteiger partial charge in [-0.25, -0.2) is 9.37 Å². The van der Waals surface area contributed by atoms with Gasteiger partial charge in [-0.05, 0) is 50.3 Å². The number of piperidine rings is 1. The Hall–Kier alpha value is -1.55. The summed E-state index contributed by atoms with van der Waals surface area (Å²) in [6.45, 7) is 8.62. The zero-order valence-corrected chi connectivity index (χ0v) is 20.2. The Kier molecular flexibility index (Phi) is 6.15. The Bertz CT molecular complexity index is 1040. The minimum atomic E-state index is -3.68. The summed E-state index contributed by atoms with van der Waals surface area (Å²) >= 11 is 1.70. The minimum Gasteiger partial charge on any atom is -0.295 e. The van der Waals surface area contributed by atoms with Gasteiger partial charge < -0.3 is 0 Å². The van der Waals surface area contributed by atoms with Crippen LogP contribution in [0.15, 0.2) is 29.8 Å². The topological polar surface area (TPSA) is 56.8 Å². The van der Waals surface area contributed by atoms with Crippen LogP contribution >= 0.6 is 11.3 Å². The maximum Gasteiger partial charge on any atom is 0.304 e. The molecule has 2 saturated heterocycles. The first kappa shape index (κ1) is 22.6. The van der Waals surface area contributed by atoms with E-state index in [1.807, 2.05) is 5.51 Å². The number of benzene rings is 1. The molecule has 2 aliphatic heterocycles. The molecule has 2 aromatic rings. The lowest BCUT2D eigenvalue weighted by Crippen LogP contribution is -2.57. The molecule has 0 radical (unpaired) electrons. The number of halogens is 1. The highest BCUT2D eigenvalue weighted by Gasteiger charge is 2.55. The van der Waals surface area contributed by atoms with Crippen molar-refractivity contribution in [2.75, 3.05) is 24.4 Å². The number of hydrogen-bond donors (Lipinski definition) is 0. The van der Waals surface area contributed by atoms with Gasteiger partial charge in [0.1, 0.15) is 5.82 Å². The van der Waals surface area contributed by atoms with E-state index in [-0.39, 0.29) is 6.04 Å². The number of nitrogens with zero attached hydrogens (tertiary/aromatic N) is 4. The first-order chi connectivity index (χ1) is 14.6. The van der Waals surface area contributed by atoms with Crippen molar-refractivity contribution < 1.29 is 12.8 Å². The molecule has 2 fully saturated rings. The third kappa shape index (κ3) is 4.25. The van der Waals surface area contributed by atoms with Crippen LogP contribution in [0.3, 0.4) is 0 Å². The van der Waals surface area contributed by atoms with Crippen molar-refractivity contribution in [3.63, 3.8) is 0 Å². The SMILES string of the molecule is CC(C)Cc1ncsc1CN1CCC2(CC1C)CN(C)S(=O)(=O)N2c1cccc(F)c1. The van der Waals surface area contributed by atoms with Crippen molar-refractivity contribution in [1.82, 2.24) is 14.2 Å². The normalized spacial score (nSPS) is 26.9. The second-order valence-corrected chi connectivity index (χ2v) is 12.1. The van der Waals surface area contributed by atoms with E-state index >= 15 is 0 Å². The van der Waals surface area contributed by atoms with Gasteiger partial charge >= 0.3 is 10.2 Å². The third-order valence-corrected chi connectivity index (χ3v) is 9.29. The fourth-order valence-corrected chi connectivity index (χ4v) is 7.62. The largest absolute Gasteiger partial charge is 0.304 e. The molecule has 9 heteroatoms. The number of likely N-dealkylation sites (N-methyl/N-ethyl adjacent to an activating group) is 1. The van der Waals surface area contributed by atoms with Crippen LogP contribution < -0.4 is 4.31 Å². The van der Waals surface area contributed by atoms with Gasteiger partial charge in [-0.3, -0.25) is 9.21 Å². The lowest BCUT2D eigenvalue weighted by molar-refractivity contribution is 0.101. The van der Waals surface area contributed by atoms with Crippen LogP contribution in [0.4, 0.5) is 10.1 Å². The lowest BCUT2D eigenvalue weighted by Gasteiger charge is -2.47. The van der Waals surface area contributed by atoms with Crippen LogP contribution in [0, 0.1) is 11.7 Å². The fourth-order valence-electron chi connectivity index (χ4n) is 5.03. The molecule has 6 nitrogen and oxygen atoms in total. The molecule has 1 aromatic carbocycles. The Labute approximate surface area is 188 Å². The predicted octanol–water partition coefficient (Wildman–Crippen LogP) is 3.90. The summed E-state index contributed by atoms with van der Waals surface area (Å²) in [6.07, 6.45) is 2.38. The second kappa shape index (κ2) is 8.42. The highest BCUT2D eigenvalue weighted by molar-refractivity contribution is 7.90. The van der Waals surface area contributed by atoms with Crippen LogP contribution in [-0.4, -0.2) is 54.3 Å². The number of thiazole rings is 1. The van der Waals surface area contributed by atoms with E-state index in [1.165, 1.54) is 31.3 Å². The maximum atomic E-state index is 14.0. The molecule has 3 heterocycles. The average molecular weight is 467 g/mol. The molecule has 31 heavy (non-hydrogen) atoms. The summed E-state index contributed by atoms with van der Waals surface area (Å²) in [5.74, 6) is 0.132. The maximum absolute atomic E-state index is 14.0. The first-order valence-corrected chi connectivity index (χ1v) is 13.1. The Balaban J connectivity index is 1.58. The van der Waals surface area contributed by atoms with Crippen LogP contribution in [0.2, 0.25) is 0 Å². The van der Waals surface area contributed by atoms with E-state index < -0.39 is 21.6 Å². The molecule has 1 spiro atoms. The number of hydrogen-bond acceptors (Lipinski definition) is 5. The quantitative estimate of drug-likeness (QED) is 0.671. The van der Waals surface area contributed by atoms with Gasteiger partial charge in [0.25, 0.3) is 0 Å². The summed E-state index contributed by atoms with van der Waals surface area (Å²) < 4.78 is 43.2. The van der Waals surface area contributed by atoms with Crippen molar-refractivity contribution >= 4 is 27.2 Å². The molecule has 0 saturated carbocycles. The number of anilines is 1. The van der Waals surface area contributed by atoms with E-state index in [0.29, 0.717) is 31.0 Å². The van der Waals surface area contributed by atoms with E-state index in [1.54, 1.807) is 30.5 Å². The van der Waals surface area contributed by atoms with Gasteiger partial charge in [-0.15, -0.1) is 11.3 Å². The standard InChI is InChI=1S/C22H31FN4O2S2/c1-16(2)10-20-21(30-15-24-20)13-26-9-8-22(12-17(26)3)14-25(4)31(28,29)27(22)19-7-5-6-18(23)11-19/h5-7,11,15-17H,8-10,12-14H2,1-4H3. The molecule has 2 unspecified atom stereocenters. The van der Waals surface area contributed by atoms with Gasteiger partial charge in [-0.2, -0.15) is 12.7 Å². The summed E-state index contributed by atoms with van der Waals surface area (Å²) in [4.78, 5) is 8.30. The first-order valence-electron chi connectivity index (χ1n) is 10.8. The van der Waals surface area contributed by atoms with Crippen LogP contribution in [0.25, 0.3) is 0 Å². The molecule has 2 atom stereocenters. The van der Waals surface area contributed by atoms with Crippen molar-refractivity contribution in [3.05, 3.63) is 46.2 Å². The summed E-state index contributed by atoms with van der Waals surface area (Å²) in [5.41, 5.74) is 2.95. The van der Waals surface area contributed by atoms with Crippen molar-refractivity contribution in [2.45, 2.75) is 58.2 Å². The predicted molar refractivity (Wildman–Crippen MR) is 123 cm³/mol. The molecule has 1 aromatic heterocycles. The molecule has 0 bridgehead atoms. The van der Waals surface area contributed by atoms with Gasteiger partial charge in [0.05, 0.1) is 22.4 Å². The number of rotatable bonds is 5. The van der Waals surface area contributed by atoms with Gasteiger partial charge in [-0.1, -0.05) is 19.9 Å². The number of likely N-dealkylation sites (tertiary alicyclic amines) is 1. The van der Waals surface area contributed by atoms with Gasteiger partial charge in [0.2, 0.25) is 0 Å². The lowest BCUT2D eigenvalue weighted by atomic mass is 9.83. The van der Waals surface area contributed by atoms with Crippen LogP contribution in [-0.2, 0) is 23.2 Å². The van der Waals surface area contributed by atoms with Gasteiger partial charge in [0, 0.05) is 37.6 Å². The van der Waals surface area contributed by atoms with E-state index in [0.717, 1.165) is 19.5 Å². The van der Waals surface area contributed by atoms with Crippen molar-refractivity contribution in [3.8, 4) is 0 Å². The van der Waals surface area contributed by atoms with Gasteiger partial charge in [0.15, 0.2) is 0 Å². The fraction of sp³-hybridized carbons (Fsp3) is 0.591. The zero-order chi connectivity index (χ0) is 22.4. The van der Waals surface area contributed by atoms with E-state index in [4.69, 9.17) is 0 Å². The van der Waals surface area contributed by atoms with E-state index in [9.17, 15) is 12.8 Å². The summed E-state index contributed by atoms with van der Waals surface area (Å²) in [6, 6.07) is 6.13. The van der Waals surface area contributed by atoms with Crippen molar-refractivity contribution in [2.24, 2.45) is 5.92 Å². The molecular weight excluding hydrogens is 435 g/mol. The molecule has 2 aliphatic rings. The van der Waals surface area contributed by atoms with Crippen LogP contribution in [0.1, 0.15) is 44.2 Å². The van der Waals surface area contributed by atoms with Crippen molar-refractivity contribution in [1.29, 1.82) is 0 Å². The summed E-state index contributed by atoms with van der Waals surface area (Å²) in [5, 5.41) is 0. The zero-order valence-electron chi connectivity index (χ0n) is 18.6. The Morgan fingerprint density at radius 1 is 1.35 bits per heavy atom. The minimum absolute atomic E-state index is 0.195. The third-order valence-electron chi connectivity index (χ3n) is 6.45. The monoisotopic (exact) mass is 466 g/mol. The average Bonchev–Trinajstić information content (AvgIpc) is 3.17. The Morgan fingerprint density at radius 3 is 2.81 bits per heavy atom. The van der Waals surface area contributed by atoms with E-state index in [2.05, 4.69) is 30.7 Å². The van der Waals surface area contributed by atoms with Crippen LogP contribution in [0.5, 0.6) is 0 Å².